The van der Waals surface area contributed by atoms with Gasteiger partial charge in [0.2, 0.25) is 0 Å². The summed E-state index contributed by atoms with van der Waals surface area (Å²) >= 11 is 6.16. The number of imidazole rings is 1. The molecule has 186 valence electrons. The first-order chi connectivity index (χ1) is 17.0. The number of aromatic nitrogens is 2. The molecule has 3 aromatic carbocycles. The summed E-state index contributed by atoms with van der Waals surface area (Å²) < 4.78 is 40.4. The highest BCUT2D eigenvalue weighted by Gasteiger charge is 2.36. The second-order valence-corrected chi connectivity index (χ2v) is 8.42. The number of halogens is 4. The van der Waals surface area contributed by atoms with E-state index in [9.17, 15) is 22.8 Å². The fraction of sp³-hybridized carbons (Fsp3) is 0.160. The van der Waals surface area contributed by atoms with Gasteiger partial charge in [0.15, 0.2) is 0 Å². The second kappa shape index (κ2) is 9.63. The molecule has 11 heteroatoms. The predicted molar refractivity (Wildman–Crippen MR) is 132 cm³/mol. The van der Waals surface area contributed by atoms with Crippen molar-refractivity contribution in [1.29, 1.82) is 0 Å². The number of fused-ring (bicyclic) bond motifs is 1. The van der Waals surface area contributed by atoms with Crippen LogP contribution in [-0.4, -0.2) is 21.8 Å². The summed E-state index contributed by atoms with van der Waals surface area (Å²) in [5.74, 6) is 4.94. The highest BCUT2D eigenvalue weighted by molar-refractivity contribution is 6.31. The molecule has 4 rings (SSSR count). The van der Waals surface area contributed by atoms with Gasteiger partial charge < -0.3 is 10.3 Å². The first-order valence-corrected chi connectivity index (χ1v) is 11.2. The lowest BCUT2D eigenvalue weighted by molar-refractivity contribution is -0.137. The lowest BCUT2D eigenvalue weighted by Gasteiger charge is -2.20. The van der Waals surface area contributed by atoms with Crippen LogP contribution in [0.1, 0.15) is 44.6 Å². The number of carbonyl (C=O) groups is 2. The number of benzene rings is 3. The molecule has 0 atom stereocenters. The number of anilines is 2. The zero-order chi connectivity index (χ0) is 26.2. The number of carbonyl (C=O) groups excluding carboxylic acids is 2. The fourth-order valence-electron chi connectivity index (χ4n) is 3.73. The van der Waals surface area contributed by atoms with E-state index in [0.29, 0.717) is 44.6 Å². The van der Waals surface area contributed by atoms with Gasteiger partial charge in [-0.05, 0) is 48.9 Å². The fourth-order valence-corrected chi connectivity index (χ4v) is 3.90. The Balaban J connectivity index is 1.79. The van der Waals surface area contributed by atoms with E-state index in [0.717, 1.165) is 12.1 Å². The number of hydrogen-bond acceptors (Lipinski definition) is 4. The van der Waals surface area contributed by atoms with Crippen LogP contribution in [0, 0.1) is 6.92 Å². The van der Waals surface area contributed by atoms with Gasteiger partial charge in [-0.15, -0.1) is 0 Å². The van der Waals surface area contributed by atoms with Gasteiger partial charge in [-0.25, -0.2) is 15.8 Å². The number of hydrogen-bond donors (Lipinski definition) is 3. The van der Waals surface area contributed by atoms with Gasteiger partial charge in [0.25, 0.3) is 11.8 Å². The summed E-state index contributed by atoms with van der Waals surface area (Å²) in [4.78, 5) is 33.8. The van der Waals surface area contributed by atoms with Crippen LogP contribution in [0.25, 0.3) is 11.0 Å². The van der Waals surface area contributed by atoms with E-state index in [-0.39, 0.29) is 11.3 Å². The molecule has 0 unspecified atom stereocenters. The molecule has 0 radical (unpaired) electrons. The molecule has 0 saturated heterocycles. The van der Waals surface area contributed by atoms with Crippen molar-refractivity contribution in [3.8, 4) is 0 Å². The summed E-state index contributed by atoms with van der Waals surface area (Å²) in [5, 5.41) is 3.81. The maximum atomic E-state index is 13.5. The van der Waals surface area contributed by atoms with Crippen LogP contribution in [0.5, 0.6) is 0 Å². The van der Waals surface area contributed by atoms with Crippen LogP contribution in [0.4, 0.5) is 24.5 Å². The molecule has 7 nitrogen and oxygen atoms in total. The molecule has 0 saturated carbocycles. The van der Waals surface area contributed by atoms with Crippen molar-refractivity contribution in [2.24, 2.45) is 5.84 Å². The number of hydrazine groups is 1. The molecule has 4 N–H and O–H groups in total. The smallest absolute Gasteiger partial charge is 0.342 e. The van der Waals surface area contributed by atoms with Crippen LogP contribution < -0.4 is 16.2 Å². The van der Waals surface area contributed by atoms with Crippen LogP contribution >= 0.6 is 11.6 Å². The zero-order valence-corrected chi connectivity index (χ0v) is 20.0. The number of alkyl halides is 3. The first kappa shape index (κ1) is 25.2. The van der Waals surface area contributed by atoms with Crippen LogP contribution in [0.2, 0.25) is 5.02 Å². The van der Waals surface area contributed by atoms with E-state index in [4.69, 9.17) is 17.4 Å². The van der Waals surface area contributed by atoms with E-state index in [1.165, 1.54) is 24.3 Å². The van der Waals surface area contributed by atoms with Gasteiger partial charge in [-0.3, -0.25) is 9.59 Å². The average Bonchev–Trinajstić information content (AvgIpc) is 3.28. The van der Waals surface area contributed by atoms with Crippen molar-refractivity contribution in [2.75, 3.05) is 10.3 Å². The Bertz CT molecular complexity index is 1480. The summed E-state index contributed by atoms with van der Waals surface area (Å²) in [5.41, 5.74) is 0.179. The molecule has 0 aliphatic heterocycles. The molecule has 0 fully saturated rings. The third-order valence-electron chi connectivity index (χ3n) is 5.68. The van der Waals surface area contributed by atoms with Gasteiger partial charge in [0, 0.05) is 17.1 Å². The molecule has 1 heterocycles. The van der Waals surface area contributed by atoms with Crippen LogP contribution in [-0.2, 0) is 12.6 Å². The molecular formula is C25H21ClF3N5O2. The monoisotopic (exact) mass is 515 g/mol. The van der Waals surface area contributed by atoms with Gasteiger partial charge >= 0.3 is 6.18 Å². The van der Waals surface area contributed by atoms with Crippen molar-refractivity contribution in [3.63, 3.8) is 0 Å². The maximum Gasteiger partial charge on any atom is 0.417 e. The zero-order valence-electron chi connectivity index (χ0n) is 19.2. The number of amides is 2. The number of nitrogens with one attached hydrogen (secondary N) is 2. The van der Waals surface area contributed by atoms with Crippen LogP contribution in [0.15, 0.2) is 54.6 Å². The minimum Gasteiger partial charge on any atom is -0.342 e. The first-order valence-electron chi connectivity index (χ1n) is 10.9. The molecule has 0 aliphatic carbocycles. The lowest BCUT2D eigenvalue weighted by atomic mass is 10.1. The van der Waals surface area contributed by atoms with Crippen molar-refractivity contribution >= 4 is 45.8 Å². The molecule has 36 heavy (non-hydrogen) atoms. The number of aryl methyl sites for hydroxylation is 1. The van der Waals surface area contributed by atoms with Gasteiger partial charge in [0.05, 0.1) is 27.9 Å². The molecular weight excluding hydrogens is 495 g/mol. The van der Waals surface area contributed by atoms with Crippen molar-refractivity contribution in [1.82, 2.24) is 9.97 Å². The van der Waals surface area contributed by atoms with E-state index in [1.807, 2.05) is 6.92 Å². The maximum absolute atomic E-state index is 13.5. The van der Waals surface area contributed by atoms with Gasteiger partial charge in [0.1, 0.15) is 11.3 Å². The Morgan fingerprint density at radius 3 is 2.53 bits per heavy atom. The van der Waals surface area contributed by atoms with Crippen molar-refractivity contribution < 1.29 is 22.8 Å². The van der Waals surface area contributed by atoms with E-state index in [1.54, 1.807) is 25.1 Å². The Morgan fingerprint density at radius 2 is 1.83 bits per heavy atom. The number of rotatable bonds is 5. The van der Waals surface area contributed by atoms with Gasteiger partial charge in [-0.2, -0.15) is 13.2 Å². The topological polar surface area (TPSA) is 104 Å². The highest BCUT2D eigenvalue weighted by atomic mass is 35.5. The number of H-pyrrole nitrogens is 1. The molecule has 4 aromatic rings. The Labute approximate surface area is 209 Å². The van der Waals surface area contributed by atoms with Crippen LogP contribution in [0.3, 0.4) is 0 Å². The number of nitrogens with two attached hydrogens (primary N) is 1. The summed E-state index contributed by atoms with van der Waals surface area (Å²) in [6.45, 7) is 3.60. The van der Waals surface area contributed by atoms with Crippen molar-refractivity contribution in [2.45, 2.75) is 26.4 Å². The summed E-state index contributed by atoms with van der Waals surface area (Å²) in [7, 11) is 0. The minimum absolute atomic E-state index is 0.00347. The standard InChI is InChI=1S/C25H21ClF3N5O2/c1-3-21-31-20-12-14(34(30)24(36)15-7-4-5-8-17(15)25(27,28)29)11-16(22(20)33-21)23(35)32-19-10-6-9-18(26)13(19)2/h4-12H,3,30H2,1-2H3,(H,31,33)(H,32,35). The van der Waals surface area contributed by atoms with E-state index >= 15 is 0 Å². The summed E-state index contributed by atoms with van der Waals surface area (Å²) in [6, 6.07) is 12.2. The number of nitrogens with zero attached hydrogens (tertiary/aromatic N) is 2. The third-order valence-corrected chi connectivity index (χ3v) is 6.09. The van der Waals surface area contributed by atoms with Crippen molar-refractivity contribution in [3.05, 3.63) is 87.7 Å². The predicted octanol–water partition coefficient (Wildman–Crippen LogP) is 5.88. The molecule has 0 bridgehead atoms. The van der Waals surface area contributed by atoms with E-state index in [2.05, 4.69) is 15.3 Å². The molecule has 0 spiro atoms. The second-order valence-electron chi connectivity index (χ2n) is 8.01. The quantitative estimate of drug-likeness (QED) is 0.175. The number of aromatic amines is 1. The largest absolute Gasteiger partial charge is 0.417 e. The normalized spacial score (nSPS) is 11.5. The molecule has 0 aliphatic rings. The average molecular weight is 516 g/mol. The Morgan fingerprint density at radius 1 is 1.11 bits per heavy atom. The molecule has 1 aromatic heterocycles. The summed E-state index contributed by atoms with van der Waals surface area (Å²) in [6.07, 6.45) is -4.22. The third kappa shape index (κ3) is 4.77. The van der Waals surface area contributed by atoms with E-state index < -0.39 is 29.1 Å². The Kier molecular flexibility index (Phi) is 6.75. The molecule has 2 amide bonds. The Hall–Kier alpha value is -3.89. The lowest BCUT2D eigenvalue weighted by Crippen LogP contribution is -2.38. The minimum atomic E-state index is -4.75. The van der Waals surface area contributed by atoms with Gasteiger partial charge in [-0.1, -0.05) is 36.7 Å². The SMILES string of the molecule is CCc1nc2c(C(=O)Nc3cccc(Cl)c3C)cc(N(N)C(=O)c3ccccc3C(F)(F)F)cc2[nH]1. The highest BCUT2D eigenvalue weighted by Crippen LogP contribution is 2.33.